The van der Waals surface area contributed by atoms with Gasteiger partial charge in [-0.2, -0.15) is 4.31 Å². The van der Waals surface area contributed by atoms with E-state index in [-0.39, 0.29) is 23.3 Å². The van der Waals surface area contributed by atoms with E-state index in [2.05, 4.69) is 5.32 Å². The zero-order chi connectivity index (χ0) is 23.1. The maximum atomic E-state index is 13.0. The van der Waals surface area contributed by atoms with Crippen LogP contribution in [0.1, 0.15) is 43.5 Å². The highest BCUT2D eigenvalue weighted by Crippen LogP contribution is 2.31. The number of anilines is 1. The highest BCUT2D eigenvalue weighted by Gasteiger charge is 2.27. The van der Waals surface area contributed by atoms with Crippen molar-refractivity contribution in [1.82, 2.24) is 4.31 Å². The average Bonchev–Trinajstić information content (AvgIpc) is 2.79. The molecule has 0 aliphatic carbocycles. The van der Waals surface area contributed by atoms with E-state index < -0.39 is 15.9 Å². The third kappa shape index (κ3) is 6.08. The van der Waals surface area contributed by atoms with Gasteiger partial charge in [0, 0.05) is 18.7 Å². The smallest absolute Gasteiger partial charge is 0.262 e. The highest BCUT2D eigenvalue weighted by molar-refractivity contribution is 7.89. The van der Waals surface area contributed by atoms with Gasteiger partial charge in [0.05, 0.1) is 16.7 Å². The molecule has 0 spiro atoms. The van der Waals surface area contributed by atoms with Crippen LogP contribution in [0.25, 0.3) is 0 Å². The topological polar surface area (TPSA) is 102 Å². The first-order valence-electron chi connectivity index (χ1n) is 10.6. The molecule has 2 aromatic rings. The Morgan fingerprint density at radius 1 is 1.09 bits per heavy atom. The van der Waals surface area contributed by atoms with Crippen LogP contribution >= 0.6 is 0 Å². The largest absolute Gasteiger partial charge is 0.489 e. The summed E-state index contributed by atoms with van der Waals surface area (Å²) >= 11 is 0. The van der Waals surface area contributed by atoms with Crippen LogP contribution < -0.4 is 14.8 Å². The summed E-state index contributed by atoms with van der Waals surface area (Å²) in [6.07, 6.45) is 3.25. The van der Waals surface area contributed by atoms with E-state index in [1.165, 1.54) is 16.4 Å². The minimum absolute atomic E-state index is 0.108. The number of amides is 1. The first kappa shape index (κ1) is 23.7. The zero-order valence-corrected chi connectivity index (χ0v) is 19.1. The molecule has 0 saturated carbocycles. The molecular weight excluding hydrogens is 432 g/mol. The molecule has 1 saturated heterocycles. The van der Waals surface area contributed by atoms with Gasteiger partial charge in [0.1, 0.15) is 17.8 Å². The summed E-state index contributed by atoms with van der Waals surface area (Å²) in [7, 11) is -3.66. The fourth-order valence-electron chi connectivity index (χ4n) is 3.36. The molecule has 2 aromatic carbocycles. The molecule has 0 radical (unpaired) electrons. The van der Waals surface area contributed by atoms with Crippen LogP contribution in [-0.2, 0) is 14.8 Å². The fourth-order valence-corrected chi connectivity index (χ4v) is 4.90. The third-order valence-electron chi connectivity index (χ3n) is 4.93. The van der Waals surface area contributed by atoms with Crippen molar-refractivity contribution in [3.63, 3.8) is 0 Å². The van der Waals surface area contributed by atoms with Crippen molar-refractivity contribution in [3.8, 4) is 11.5 Å². The van der Waals surface area contributed by atoms with Crippen LogP contribution in [0.2, 0.25) is 0 Å². The normalized spacial score (nSPS) is 14.7. The molecule has 0 bridgehead atoms. The fraction of sp³-hybridized carbons (Fsp3) is 0.391. The Kier molecular flexibility index (Phi) is 7.87. The lowest BCUT2D eigenvalue weighted by atomic mass is 10.2. The number of nitrogens with one attached hydrogen (secondary N) is 1. The van der Waals surface area contributed by atoms with Gasteiger partial charge in [0.15, 0.2) is 6.61 Å². The number of rotatable bonds is 9. The van der Waals surface area contributed by atoms with Crippen LogP contribution in [0.5, 0.6) is 11.5 Å². The SMILES string of the molecule is CC(C)Oc1ccc(S(=O)(=O)N2CCCCC2)cc1NC(=O)COc1ccc(C=O)cc1. The number of aldehydes is 1. The Bertz CT molecular complexity index is 1040. The van der Waals surface area contributed by atoms with Gasteiger partial charge in [-0.15, -0.1) is 0 Å². The van der Waals surface area contributed by atoms with E-state index in [1.807, 2.05) is 13.8 Å². The van der Waals surface area contributed by atoms with Crippen LogP contribution in [0.3, 0.4) is 0 Å². The van der Waals surface area contributed by atoms with Crippen molar-refractivity contribution in [3.05, 3.63) is 48.0 Å². The predicted molar refractivity (Wildman–Crippen MR) is 121 cm³/mol. The quantitative estimate of drug-likeness (QED) is 0.575. The number of piperidine rings is 1. The number of carbonyl (C=O) groups is 2. The van der Waals surface area contributed by atoms with E-state index >= 15 is 0 Å². The number of ether oxygens (including phenoxy) is 2. The van der Waals surface area contributed by atoms with Gasteiger partial charge >= 0.3 is 0 Å². The number of sulfonamides is 1. The second-order valence-corrected chi connectivity index (χ2v) is 9.75. The standard InChI is InChI=1S/C23H28N2O6S/c1-17(2)31-22-11-10-20(32(28,29)25-12-4-3-5-13-25)14-21(22)24-23(27)16-30-19-8-6-18(15-26)7-9-19/h6-11,14-15,17H,3-5,12-13,16H2,1-2H3,(H,24,27). The number of nitrogens with zero attached hydrogens (tertiary/aromatic N) is 1. The molecule has 1 aliphatic heterocycles. The summed E-state index contributed by atoms with van der Waals surface area (Å²) in [4.78, 5) is 23.3. The third-order valence-corrected chi connectivity index (χ3v) is 6.82. The molecule has 1 amide bonds. The van der Waals surface area contributed by atoms with E-state index in [9.17, 15) is 18.0 Å². The summed E-state index contributed by atoms with van der Waals surface area (Å²) in [6, 6.07) is 10.9. The van der Waals surface area contributed by atoms with Gasteiger partial charge in [-0.05, 0) is 69.2 Å². The van der Waals surface area contributed by atoms with Gasteiger partial charge in [-0.25, -0.2) is 8.42 Å². The summed E-state index contributed by atoms with van der Waals surface area (Å²) in [5.41, 5.74) is 0.769. The van der Waals surface area contributed by atoms with E-state index in [4.69, 9.17) is 9.47 Å². The maximum Gasteiger partial charge on any atom is 0.262 e. The Balaban J connectivity index is 1.76. The van der Waals surface area contributed by atoms with E-state index in [1.54, 1.807) is 30.3 Å². The van der Waals surface area contributed by atoms with Gasteiger partial charge in [0.25, 0.3) is 5.91 Å². The van der Waals surface area contributed by atoms with Gasteiger partial charge in [-0.1, -0.05) is 6.42 Å². The molecule has 0 unspecified atom stereocenters. The molecule has 1 fully saturated rings. The van der Waals surface area contributed by atoms with Crippen molar-refractivity contribution in [2.24, 2.45) is 0 Å². The van der Waals surface area contributed by atoms with Crippen molar-refractivity contribution in [2.75, 3.05) is 25.0 Å². The molecule has 1 heterocycles. The Hall–Kier alpha value is -2.91. The van der Waals surface area contributed by atoms with Crippen LogP contribution in [0.15, 0.2) is 47.4 Å². The molecular formula is C23H28N2O6S. The molecule has 1 aliphatic rings. The summed E-state index contributed by atoms with van der Waals surface area (Å²) in [6.45, 7) is 4.38. The molecule has 9 heteroatoms. The predicted octanol–water partition coefficient (Wildman–Crippen LogP) is 3.48. The highest BCUT2D eigenvalue weighted by atomic mass is 32.2. The monoisotopic (exact) mass is 460 g/mol. The maximum absolute atomic E-state index is 13.0. The van der Waals surface area contributed by atoms with Crippen molar-refractivity contribution >= 4 is 27.9 Å². The van der Waals surface area contributed by atoms with Gasteiger partial charge < -0.3 is 14.8 Å². The lowest BCUT2D eigenvalue weighted by molar-refractivity contribution is -0.118. The first-order chi connectivity index (χ1) is 15.3. The van der Waals surface area contributed by atoms with Gasteiger partial charge in [0.2, 0.25) is 10.0 Å². The van der Waals surface area contributed by atoms with E-state index in [0.29, 0.717) is 30.2 Å². The second kappa shape index (κ2) is 10.6. The second-order valence-electron chi connectivity index (χ2n) is 7.81. The summed E-state index contributed by atoms with van der Waals surface area (Å²) < 4.78 is 38.8. The number of hydrogen-bond donors (Lipinski definition) is 1. The molecule has 1 N–H and O–H groups in total. The minimum atomic E-state index is -3.66. The summed E-state index contributed by atoms with van der Waals surface area (Å²) in [5, 5.41) is 2.70. The van der Waals surface area contributed by atoms with Gasteiger partial charge in [-0.3, -0.25) is 9.59 Å². The Morgan fingerprint density at radius 2 is 1.78 bits per heavy atom. The lowest BCUT2D eigenvalue weighted by Gasteiger charge is -2.26. The molecule has 32 heavy (non-hydrogen) atoms. The van der Waals surface area contributed by atoms with Crippen molar-refractivity contribution in [1.29, 1.82) is 0 Å². The molecule has 0 aromatic heterocycles. The van der Waals surface area contributed by atoms with Crippen molar-refractivity contribution in [2.45, 2.75) is 44.1 Å². The Morgan fingerprint density at radius 3 is 2.41 bits per heavy atom. The summed E-state index contributed by atoms with van der Waals surface area (Å²) in [5.74, 6) is 0.345. The molecule has 3 rings (SSSR count). The van der Waals surface area contributed by atoms with Crippen LogP contribution in [-0.4, -0.2) is 50.7 Å². The van der Waals surface area contributed by atoms with E-state index in [0.717, 1.165) is 25.5 Å². The number of carbonyl (C=O) groups excluding carboxylic acids is 2. The molecule has 8 nitrogen and oxygen atoms in total. The Labute approximate surface area is 188 Å². The van der Waals surface area contributed by atoms with Crippen LogP contribution in [0.4, 0.5) is 5.69 Å². The lowest BCUT2D eigenvalue weighted by Crippen LogP contribution is -2.35. The van der Waals surface area contributed by atoms with Crippen molar-refractivity contribution < 1.29 is 27.5 Å². The molecule has 0 atom stereocenters. The van der Waals surface area contributed by atoms with Crippen LogP contribution in [0, 0.1) is 0 Å². The zero-order valence-electron chi connectivity index (χ0n) is 18.2. The number of hydrogen-bond acceptors (Lipinski definition) is 6. The number of benzene rings is 2. The minimum Gasteiger partial charge on any atom is -0.489 e. The molecule has 172 valence electrons. The average molecular weight is 461 g/mol. The first-order valence-corrected chi connectivity index (χ1v) is 12.0.